The Hall–Kier alpha value is -3.79. The van der Waals surface area contributed by atoms with Crippen molar-refractivity contribution in [3.8, 4) is 5.82 Å². The Morgan fingerprint density at radius 1 is 1.09 bits per heavy atom. The van der Waals surface area contributed by atoms with Crippen molar-refractivity contribution < 1.29 is 17.8 Å². The Morgan fingerprint density at radius 3 is 2.45 bits per heavy atom. The fraction of sp³-hybridized carbons (Fsp3) is 0.217. The number of anilines is 1. The van der Waals surface area contributed by atoms with Gasteiger partial charge in [-0.1, -0.05) is 31.5 Å². The van der Waals surface area contributed by atoms with Crippen LogP contribution in [0.1, 0.15) is 26.7 Å². The quantitative estimate of drug-likeness (QED) is 0.398. The number of unbranched alkanes of at least 4 members (excludes halogenated alkanes) is 1. The summed E-state index contributed by atoms with van der Waals surface area (Å²) in [5.74, 6) is 0.0783. The second-order valence-corrected chi connectivity index (χ2v) is 9.15. The normalized spacial score (nSPS) is 11.5. The Morgan fingerprint density at radius 2 is 1.79 bits per heavy atom. The molecular weight excluding hydrogens is 440 g/mol. The third-order valence-corrected chi connectivity index (χ3v) is 6.20. The fourth-order valence-corrected chi connectivity index (χ4v) is 4.22. The van der Waals surface area contributed by atoms with Crippen molar-refractivity contribution in [3.05, 3.63) is 72.0 Å². The van der Waals surface area contributed by atoms with Gasteiger partial charge in [-0.2, -0.15) is 4.57 Å². The number of amides is 1. The first-order valence-electron chi connectivity index (χ1n) is 10.6. The van der Waals surface area contributed by atoms with E-state index in [2.05, 4.69) is 26.9 Å². The van der Waals surface area contributed by atoms with Gasteiger partial charge in [0.2, 0.25) is 28.1 Å². The molecule has 0 spiro atoms. The third-order valence-electron chi connectivity index (χ3n) is 4.92. The van der Waals surface area contributed by atoms with Gasteiger partial charge in [0.25, 0.3) is 0 Å². The molecule has 0 unspecified atom stereocenters. The van der Waals surface area contributed by atoms with Gasteiger partial charge in [-0.15, -0.1) is 0 Å². The number of aromatic nitrogens is 4. The van der Waals surface area contributed by atoms with Crippen LogP contribution in [-0.4, -0.2) is 28.9 Å². The van der Waals surface area contributed by atoms with E-state index in [-0.39, 0.29) is 16.6 Å². The highest BCUT2D eigenvalue weighted by Gasteiger charge is 2.17. The molecule has 9 nitrogen and oxygen atoms in total. The van der Waals surface area contributed by atoms with Crippen LogP contribution in [0.2, 0.25) is 0 Å². The number of fused-ring (bicyclic) bond motifs is 1. The largest absolute Gasteiger partial charge is 0.429 e. The summed E-state index contributed by atoms with van der Waals surface area (Å²) in [6.07, 6.45) is 7.65. The lowest BCUT2D eigenvalue weighted by atomic mass is 10.3. The Kier molecular flexibility index (Phi) is 6.36. The zero-order valence-corrected chi connectivity index (χ0v) is 19.2. The van der Waals surface area contributed by atoms with Crippen molar-refractivity contribution in [3.63, 3.8) is 0 Å². The molecule has 0 aliphatic rings. The van der Waals surface area contributed by atoms with Gasteiger partial charge in [-0.25, -0.2) is 18.0 Å². The topological polar surface area (TPSA) is 112 Å². The molecule has 1 amide bonds. The first-order valence-corrected chi connectivity index (χ1v) is 12.0. The molecule has 170 valence electrons. The summed E-state index contributed by atoms with van der Waals surface area (Å²) in [4.78, 5) is 20.3. The molecule has 2 heterocycles. The van der Waals surface area contributed by atoms with Gasteiger partial charge >= 0.3 is 0 Å². The molecule has 0 bridgehead atoms. The van der Waals surface area contributed by atoms with E-state index in [1.807, 2.05) is 41.5 Å². The van der Waals surface area contributed by atoms with E-state index >= 15 is 0 Å². The van der Waals surface area contributed by atoms with Gasteiger partial charge in [0, 0.05) is 18.4 Å². The average molecular weight is 465 g/mol. The van der Waals surface area contributed by atoms with Crippen LogP contribution in [0.25, 0.3) is 21.6 Å². The molecule has 0 atom stereocenters. The first kappa shape index (κ1) is 22.4. The van der Waals surface area contributed by atoms with Gasteiger partial charge in [-0.3, -0.25) is 4.79 Å². The molecule has 2 aromatic carbocycles. The molecule has 0 radical (unpaired) electrons. The molecule has 4 aromatic rings. The Labute approximate surface area is 192 Å². The SMILES string of the molecule is CCCC[n+]1ccn(-c2nc3ccccc3nc2[N-]S(=O)(=O)c2ccc(NC(C)=O)cc2)c1. The van der Waals surface area contributed by atoms with Crippen LogP contribution in [0, 0.1) is 0 Å². The summed E-state index contributed by atoms with van der Waals surface area (Å²) in [5, 5.41) is 2.61. The molecule has 33 heavy (non-hydrogen) atoms. The smallest absolute Gasteiger partial charge is 0.250 e. The highest BCUT2D eigenvalue weighted by molar-refractivity contribution is 7.94. The minimum absolute atomic E-state index is 0.00196. The highest BCUT2D eigenvalue weighted by atomic mass is 32.2. The number of carbonyl (C=O) groups is 1. The molecule has 0 fully saturated rings. The van der Waals surface area contributed by atoms with E-state index in [4.69, 9.17) is 0 Å². The lowest BCUT2D eigenvalue weighted by Crippen LogP contribution is -2.30. The number of nitrogens with zero attached hydrogens (tertiary/aromatic N) is 5. The number of benzene rings is 2. The minimum atomic E-state index is -4.08. The molecule has 10 heteroatoms. The van der Waals surface area contributed by atoms with Gasteiger partial charge in [0.15, 0.2) is 0 Å². The van der Waals surface area contributed by atoms with Crippen molar-refractivity contribution in [1.29, 1.82) is 0 Å². The second kappa shape index (κ2) is 9.37. The fourth-order valence-electron chi connectivity index (χ4n) is 3.29. The number of rotatable bonds is 8. The van der Waals surface area contributed by atoms with E-state index in [0.717, 1.165) is 19.4 Å². The minimum Gasteiger partial charge on any atom is -0.429 e. The number of imidazole rings is 1. The van der Waals surface area contributed by atoms with Crippen LogP contribution in [0.3, 0.4) is 0 Å². The van der Waals surface area contributed by atoms with Crippen LogP contribution >= 0.6 is 0 Å². The molecular formula is C23H24N6O3S. The summed E-state index contributed by atoms with van der Waals surface area (Å²) in [6.45, 7) is 4.35. The van der Waals surface area contributed by atoms with Crippen LogP contribution in [0.15, 0.2) is 72.1 Å². The van der Waals surface area contributed by atoms with Crippen molar-refractivity contribution in [2.45, 2.75) is 38.1 Å². The van der Waals surface area contributed by atoms with Gasteiger partial charge in [0.1, 0.15) is 12.4 Å². The lowest BCUT2D eigenvalue weighted by molar-refractivity contribution is -0.696. The van der Waals surface area contributed by atoms with Gasteiger partial charge < -0.3 is 15.0 Å². The molecule has 1 N–H and O–H groups in total. The zero-order chi connectivity index (χ0) is 23.4. The maximum atomic E-state index is 13.1. The monoisotopic (exact) mass is 464 g/mol. The number of hydrogen-bond acceptors (Lipinski definition) is 5. The van der Waals surface area contributed by atoms with Crippen molar-refractivity contribution in [1.82, 2.24) is 14.5 Å². The molecule has 0 saturated carbocycles. The predicted octanol–water partition coefficient (Wildman–Crippen LogP) is 3.86. The number of aryl methyl sites for hydroxylation is 1. The first-order chi connectivity index (χ1) is 15.9. The van der Waals surface area contributed by atoms with Crippen molar-refractivity contribution in [2.24, 2.45) is 0 Å². The Bertz CT molecular complexity index is 1400. The predicted molar refractivity (Wildman–Crippen MR) is 125 cm³/mol. The number of carbonyl (C=O) groups excluding carboxylic acids is 1. The van der Waals surface area contributed by atoms with E-state index in [1.165, 1.54) is 31.2 Å². The third kappa shape index (κ3) is 5.17. The number of para-hydroxylation sites is 2. The van der Waals surface area contributed by atoms with Crippen LogP contribution in [0.5, 0.6) is 0 Å². The molecule has 2 aromatic heterocycles. The van der Waals surface area contributed by atoms with E-state index in [1.54, 1.807) is 10.6 Å². The summed E-state index contributed by atoms with van der Waals surface area (Å²) in [6, 6.07) is 13.1. The van der Waals surface area contributed by atoms with Crippen molar-refractivity contribution in [2.75, 3.05) is 5.32 Å². The summed E-state index contributed by atoms with van der Waals surface area (Å²) in [5.41, 5.74) is 1.68. The van der Waals surface area contributed by atoms with Crippen LogP contribution in [0.4, 0.5) is 11.5 Å². The molecule has 0 aliphatic carbocycles. The number of nitrogens with one attached hydrogen (secondary N) is 1. The summed E-state index contributed by atoms with van der Waals surface area (Å²) in [7, 11) is -4.08. The summed E-state index contributed by atoms with van der Waals surface area (Å²) >= 11 is 0. The number of hydrogen-bond donors (Lipinski definition) is 1. The highest BCUT2D eigenvalue weighted by Crippen LogP contribution is 2.32. The maximum absolute atomic E-state index is 13.1. The zero-order valence-electron chi connectivity index (χ0n) is 18.3. The van der Waals surface area contributed by atoms with Crippen molar-refractivity contribution >= 4 is 38.5 Å². The van der Waals surface area contributed by atoms with E-state index < -0.39 is 10.0 Å². The average Bonchev–Trinajstić information content (AvgIpc) is 3.25. The molecule has 0 saturated heterocycles. The van der Waals surface area contributed by atoms with E-state index in [9.17, 15) is 13.2 Å². The van der Waals surface area contributed by atoms with E-state index in [0.29, 0.717) is 22.5 Å². The molecule has 4 rings (SSSR count). The summed E-state index contributed by atoms with van der Waals surface area (Å²) < 4.78 is 33.9. The van der Waals surface area contributed by atoms with Gasteiger partial charge in [0.05, 0.1) is 17.0 Å². The lowest BCUT2D eigenvalue weighted by Gasteiger charge is -2.18. The van der Waals surface area contributed by atoms with Gasteiger partial charge in [-0.05, 0) is 42.3 Å². The second-order valence-electron chi connectivity index (χ2n) is 7.54. The van der Waals surface area contributed by atoms with Crippen LogP contribution in [-0.2, 0) is 21.4 Å². The number of sulfonamides is 1. The maximum Gasteiger partial charge on any atom is 0.250 e. The Balaban J connectivity index is 1.72. The van der Waals surface area contributed by atoms with Crippen LogP contribution < -0.4 is 9.88 Å². The standard InChI is InChI=1S/C23H24N6O3S/c1-3-4-13-28-14-15-29(16-28)23-22(25-20-7-5-6-8-21(20)26-23)27-33(31,32)19-11-9-18(10-12-19)24-17(2)30/h5-12,14-16H,3-4,13H2,1-2H3,(H-,24,25,27,30). The molecule has 0 aliphatic heterocycles.